The maximum absolute atomic E-state index is 10.3. The minimum absolute atomic E-state index is 0.332. The topological polar surface area (TPSA) is 162 Å². The minimum atomic E-state index is -1.57. The Morgan fingerprint density at radius 1 is 0.960 bits per heavy atom. The van der Waals surface area contributed by atoms with Gasteiger partial charge in [0, 0.05) is 5.92 Å². The highest BCUT2D eigenvalue weighted by atomic mass is 16.8. The highest BCUT2D eigenvalue weighted by Gasteiger charge is 2.75. The van der Waals surface area contributed by atoms with Gasteiger partial charge in [-0.25, -0.2) is 0 Å². The normalized spacial score (nSPS) is 56.9. The number of aliphatic hydroxyl groups is 6. The van der Waals surface area contributed by atoms with Crippen molar-refractivity contribution in [3.8, 4) is 0 Å². The zero-order valence-corrected chi connectivity index (χ0v) is 13.2. The Labute approximate surface area is 142 Å². The quantitative estimate of drug-likeness (QED) is 0.276. The summed E-state index contributed by atoms with van der Waals surface area (Å²) < 4.78 is 21.9. The number of hydrogen-bond acceptors (Lipinski definition) is 10. The third kappa shape index (κ3) is 2.45. The van der Waals surface area contributed by atoms with Crippen LogP contribution in [0.2, 0.25) is 0 Å². The second-order valence-corrected chi connectivity index (χ2v) is 6.91. The molecule has 3 heterocycles. The van der Waals surface area contributed by atoms with Crippen LogP contribution in [0.3, 0.4) is 0 Å². The van der Waals surface area contributed by atoms with Crippen molar-refractivity contribution in [1.82, 2.24) is 0 Å². The lowest BCUT2D eigenvalue weighted by Crippen LogP contribution is -2.60. The average molecular weight is 362 g/mol. The van der Waals surface area contributed by atoms with Crippen molar-refractivity contribution in [3.63, 3.8) is 0 Å². The lowest BCUT2D eigenvalue weighted by Gasteiger charge is -2.43. The summed E-state index contributed by atoms with van der Waals surface area (Å²) >= 11 is 0. The highest BCUT2D eigenvalue weighted by Crippen LogP contribution is 2.59. The Bertz CT molecular complexity index is 540. The summed E-state index contributed by atoms with van der Waals surface area (Å²) in [6.45, 7) is -0.908. The van der Waals surface area contributed by atoms with E-state index in [0.29, 0.717) is 0 Å². The predicted molar refractivity (Wildman–Crippen MR) is 76.5 cm³/mol. The Hall–Kier alpha value is -0.820. The molecular weight excluding hydrogens is 340 g/mol. The van der Waals surface area contributed by atoms with Gasteiger partial charge >= 0.3 is 0 Å². The SMILES string of the molecule is OCC1O[C@@H](O[C@@H]2OC=C[C@H]3[C@H](O)[C@@H]4O[C@]4(CO)[C@@H]23)C(O)[C@H](O)[C@@H]1O. The van der Waals surface area contributed by atoms with Gasteiger partial charge in [0.25, 0.3) is 0 Å². The summed E-state index contributed by atoms with van der Waals surface area (Å²) in [6, 6.07) is 0. The first-order valence-corrected chi connectivity index (χ1v) is 8.19. The molecule has 1 saturated carbocycles. The van der Waals surface area contributed by atoms with Crippen LogP contribution in [0, 0.1) is 11.8 Å². The van der Waals surface area contributed by atoms with Gasteiger partial charge < -0.3 is 49.6 Å². The molecule has 2 saturated heterocycles. The Morgan fingerprint density at radius 3 is 2.40 bits per heavy atom. The van der Waals surface area contributed by atoms with Crippen LogP contribution in [0.25, 0.3) is 0 Å². The molecule has 4 aliphatic rings. The number of epoxide rings is 1. The van der Waals surface area contributed by atoms with E-state index in [-0.39, 0.29) is 12.5 Å². The molecule has 3 fully saturated rings. The number of ether oxygens (including phenoxy) is 4. The Balaban J connectivity index is 1.53. The molecule has 0 aromatic carbocycles. The van der Waals surface area contributed by atoms with Crippen molar-refractivity contribution in [3.05, 3.63) is 12.3 Å². The lowest BCUT2D eigenvalue weighted by molar-refractivity contribution is -0.344. The second kappa shape index (κ2) is 6.12. The van der Waals surface area contributed by atoms with Gasteiger partial charge in [-0.1, -0.05) is 0 Å². The van der Waals surface area contributed by atoms with E-state index in [1.54, 1.807) is 6.08 Å². The predicted octanol–water partition coefficient (Wildman–Crippen LogP) is -3.59. The molecule has 0 aromatic rings. The molecule has 6 N–H and O–H groups in total. The molecule has 10 heteroatoms. The van der Waals surface area contributed by atoms with E-state index in [4.69, 9.17) is 18.9 Å². The van der Waals surface area contributed by atoms with Crippen LogP contribution in [-0.2, 0) is 18.9 Å². The van der Waals surface area contributed by atoms with Gasteiger partial charge in [-0.15, -0.1) is 0 Å². The molecule has 11 atom stereocenters. The van der Waals surface area contributed by atoms with E-state index in [9.17, 15) is 30.6 Å². The van der Waals surface area contributed by atoms with Crippen LogP contribution >= 0.6 is 0 Å². The van der Waals surface area contributed by atoms with Crippen LogP contribution < -0.4 is 0 Å². The molecule has 25 heavy (non-hydrogen) atoms. The molecule has 10 nitrogen and oxygen atoms in total. The molecule has 0 bridgehead atoms. The van der Waals surface area contributed by atoms with Crippen LogP contribution in [0.4, 0.5) is 0 Å². The van der Waals surface area contributed by atoms with Crippen LogP contribution in [0.1, 0.15) is 0 Å². The largest absolute Gasteiger partial charge is 0.472 e. The van der Waals surface area contributed by atoms with E-state index in [2.05, 4.69) is 0 Å². The van der Waals surface area contributed by atoms with E-state index < -0.39 is 67.3 Å². The first-order chi connectivity index (χ1) is 11.9. The fourth-order valence-electron chi connectivity index (χ4n) is 4.17. The molecule has 4 rings (SSSR count). The van der Waals surface area contributed by atoms with Crippen molar-refractivity contribution in [2.24, 2.45) is 11.8 Å². The summed E-state index contributed by atoms with van der Waals surface area (Å²) in [5.74, 6) is -0.913. The molecule has 0 radical (unpaired) electrons. The van der Waals surface area contributed by atoms with Gasteiger partial charge in [-0.05, 0) is 6.08 Å². The third-order valence-corrected chi connectivity index (χ3v) is 5.62. The lowest BCUT2D eigenvalue weighted by atomic mass is 9.85. The summed E-state index contributed by atoms with van der Waals surface area (Å²) in [6.07, 6.45) is -6.47. The molecular formula is C15H22O10. The van der Waals surface area contributed by atoms with E-state index >= 15 is 0 Å². The highest BCUT2D eigenvalue weighted by molar-refractivity contribution is 5.24. The summed E-state index contributed by atoms with van der Waals surface area (Å²) in [5, 5.41) is 59.0. The molecule has 0 amide bonds. The number of fused-ring (bicyclic) bond motifs is 3. The number of hydrogen-bond donors (Lipinski definition) is 6. The van der Waals surface area contributed by atoms with E-state index in [0.717, 1.165) is 0 Å². The van der Waals surface area contributed by atoms with Crippen molar-refractivity contribution in [1.29, 1.82) is 0 Å². The molecule has 142 valence electrons. The first-order valence-electron chi connectivity index (χ1n) is 8.19. The monoisotopic (exact) mass is 362 g/mol. The van der Waals surface area contributed by atoms with Crippen molar-refractivity contribution in [2.45, 2.75) is 54.8 Å². The van der Waals surface area contributed by atoms with Gasteiger partial charge in [-0.2, -0.15) is 0 Å². The Kier molecular flexibility index (Phi) is 4.30. The Morgan fingerprint density at radius 2 is 1.72 bits per heavy atom. The minimum Gasteiger partial charge on any atom is -0.472 e. The number of aliphatic hydroxyl groups excluding tert-OH is 6. The van der Waals surface area contributed by atoms with Gasteiger partial charge in [-0.3, -0.25) is 0 Å². The standard InChI is InChI=1S/C15H22O10/c16-3-6-9(19)10(20)11(21)14(23-6)24-13-7-5(1-2-22-13)8(18)12-15(7,4-17)25-12/h1-2,5-14,16-21H,3-4H2/t5-,6?,7-,8+,9-,10-,11?,12+,13+,14+,15-/m1/s1. The second-order valence-electron chi connectivity index (χ2n) is 6.91. The molecule has 0 spiro atoms. The van der Waals surface area contributed by atoms with Gasteiger partial charge in [0.15, 0.2) is 6.29 Å². The maximum Gasteiger partial charge on any atom is 0.208 e. The first kappa shape index (κ1) is 17.6. The van der Waals surface area contributed by atoms with Crippen LogP contribution in [0.15, 0.2) is 12.3 Å². The zero-order chi connectivity index (χ0) is 17.9. The van der Waals surface area contributed by atoms with Crippen molar-refractivity contribution < 1.29 is 49.6 Å². The zero-order valence-electron chi connectivity index (χ0n) is 13.2. The molecule has 3 aliphatic heterocycles. The fourth-order valence-corrected chi connectivity index (χ4v) is 4.17. The summed E-state index contributed by atoms with van der Waals surface area (Å²) in [7, 11) is 0. The van der Waals surface area contributed by atoms with Crippen molar-refractivity contribution >= 4 is 0 Å². The fraction of sp³-hybridized carbons (Fsp3) is 0.867. The van der Waals surface area contributed by atoms with Gasteiger partial charge in [0.2, 0.25) is 6.29 Å². The maximum atomic E-state index is 10.3. The molecule has 1 aliphatic carbocycles. The summed E-state index contributed by atoms with van der Waals surface area (Å²) in [5.41, 5.74) is -0.992. The van der Waals surface area contributed by atoms with Gasteiger partial charge in [0.1, 0.15) is 36.1 Å². The smallest absolute Gasteiger partial charge is 0.208 e. The molecule has 0 aromatic heterocycles. The van der Waals surface area contributed by atoms with Crippen LogP contribution in [-0.4, -0.2) is 98.7 Å². The van der Waals surface area contributed by atoms with E-state index in [1.165, 1.54) is 6.26 Å². The number of rotatable bonds is 4. The van der Waals surface area contributed by atoms with Crippen molar-refractivity contribution in [2.75, 3.05) is 13.2 Å². The average Bonchev–Trinajstić information content (AvgIpc) is 3.31. The van der Waals surface area contributed by atoms with E-state index in [1.807, 2.05) is 0 Å². The van der Waals surface area contributed by atoms with Crippen LogP contribution in [0.5, 0.6) is 0 Å². The van der Waals surface area contributed by atoms with Gasteiger partial charge in [0.05, 0.1) is 31.5 Å². The summed E-state index contributed by atoms with van der Waals surface area (Å²) in [4.78, 5) is 0. The molecule has 2 unspecified atom stereocenters. The third-order valence-electron chi connectivity index (χ3n) is 5.62.